The van der Waals surface area contributed by atoms with Crippen LogP contribution < -0.4 is 4.18 Å². The number of nitrogens with zero attached hydrogens (tertiary/aromatic N) is 1. The van der Waals surface area contributed by atoms with E-state index in [9.17, 15) is 8.42 Å². The molecule has 0 radical (unpaired) electrons. The van der Waals surface area contributed by atoms with Gasteiger partial charge in [-0.25, -0.2) is 0 Å². The molecule has 2 aromatic rings. The average Bonchev–Trinajstić information content (AvgIpc) is 2.42. The van der Waals surface area contributed by atoms with Crippen LogP contribution in [0.3, 0.4) is 0 Å². The summed E-state index contributed by atoms with van der Waals surface area (Å²) in [6, 6.07) is 9.77. The maximum Gasteiger partial charge on any atom is 0.339 e. The molecule has 5 nitrogen and oxygen atoms in total. The Balaban J connectivity index is 2.39. The summed E-state index contributed by atoms with van der Waals surface area (Å²) >= 11 is 11.5. The van der Waals surface area contributed by atoms with Crippen molar-refractivity contribution >= 4 is 39.5 Å². The lowest BCUT2D eigenvalue weighted by molar-refractivity contribution is 0.321. The van der Waals surface area contributed by atoms with E-state index in [0.29, 0.717) is 10.0 Å². The highest BCUT2D eigenvalue weighted by Gasteiger charge is 2.18. The molecule has 21 heavy (non-hydrogen) atoms. The molecule has 0 aliphatic heterocycles. The molecule has 1 N–H and O–H groups in total. The topological polar surface area (TPSA) is 76.0 Å². The van der Waals surface area contributed by atoms with E-state index in [1.54, 1.807) is 0 Å². The molecule has 2 rings (SSSR count). The summed E-state index contributed by atoms with van der Waals surface area (Å²) in [7, 11) is -4.03. The molecule has 0 heterocycles. The van der Waals surface area contributed by atoms with E-state index in [0.717, 1.165) is 6.21 Å². The fourth-order valence-electron chi connectivity index (χ4n) is 1.53. The summed E-state index contributed by atoms with van der Waals surface area (Å²) in [5, 5.41) is 12.2. The van der Waals surface area contributed by atoms with Crippen molar-refractivity contribution in [3.8, 4) is 5.75 Å². The van der Waals surface area contributed by atoms with Gasteiger partial charge in [-0.1, -0.05) is 28.4 Å². The van der Waals surface area contributed by atoms with Crippen LogP contribution in [0.15, 0.2) is 52.5 Å². The second-order valence-electron chi connectivity index (χ2n) is 3.92. The summed E-state index contributed by atoms with van der Waals surface area (Å²) in [5.74, 6) is -0.00727. The van der Waals surface area contributed by atoms with E-state index in [1.807, 2.05) is 0 Å². The van der Waals surface area contributed by atoms with E-state index >= 15 is 0 Å². The van der Waals surface area contributed by atoms with Crippen molar-refractivity contribution in [3.63, 3.8) is 0 Å². The first-order valence-electron chi connectivity index (χ1n) is 5.59. The Hall–Kier alpha value is -1.76. The van der Waals surface area contributed by atoms with Crippen LogP contribution in [0, 0.1) is 0 Å². The minimum absolute atomic E-state index is 0.00727. The van der Waals surface area contributed by atoms with Crippen LogP contribution in [0.25, 0.3) is 0 Å². The number of hydrogen-bond donors (Lipinski definition) is 1. The molecule has 2 aromatic carbocycles. The van der Waals surface area contributed by atoms with E-state index in [-0.39, 0.29) is 16.2 Å². The van der Waals surface area contributed by atoms with Gasteiger partial charge in [-0.3, -0.25) is 0 Å². The molecule has 0 amide bonds. The highest BCUT2D eigenvalue weighted by molar-refractivity contribution is 7.87. The highest BCUT2D eigenvalue weighted by atomic mass is 35.5. The van der Waals surface area contributed by atoms with Crippen LogP contribution in [0.1, 0.15) is 5.56 Å². The third kappa shape index (κ3) is 3.87. The van der Waals surface area contributed by atoms with Gasteiger partial charge in [-0.05, 0) is 42.5 Å². The zero-order chi connectivity index (χ0) is 15.5. The van der Waals surface area contributed by atoms with Crippen LogP contribution in [-0.4, -0.2) is 19.8 Å². The molecular weight excluding hydrogens is 337 g/mol. The largest absolute Gasteiger partial charge is 0.411 e. The minimum atomic E-state index is -4.03. The number of benzene rings is 2. The van der Waals surface area contributed by atoms with Crippen LogP contribution >= 0.6 is 23.2 Å². The molecule has 0 fully saturated rings. The molecule has 0 saturated heterocycles. The van der Waals surface area contributed by atoms with Gasteiger partial charge >= 0.3 is 10.1 Å². The lowest BCUT2D eigenvalue weighted by Gasteiger charge is -2.09. The second-order valence-corrected chi connectivity index (χ2v) is 6.34. The first kappa shape index (κ1) is 15.6. The number of halogens is 2. The summed E-state index contributed by atoms with van der Waals surface area (Å²) < 4.78 is 29.3. The summed E-state index contributed by atoms with van der Waals surface area (Å²) in [5.41, 5.74) is 0.225. The smallest absolute Gasteiger partial charge is 0.339 e. The number of rotatable bonds is 4. The van der Waals surface area contributed by atoms with Gasteiger partial charge in [0.2, 0.25) is 0 Å². The summed E-state index contributed by atoms with van der Waals surface area (Å²) in [6.07, 6.45) is 1.03. The zero-order valence-corrected chi connectivity index (χ0v) is 12.7. The maximum atomic E-state index is 12.1. The van der Waals surface area contributed by atoms with E-state index < -0.39 is 10.1 Å². The summed E-state index contributed by atoms with van der Waals surface area (Å²) in [4.78, 5) is -0.0475. The van der Waals surface area contributed by atoms with Gasteiger partial charge in [0.1, 0.15) is 4.90 Å². The van der Waals surface area contributed by atoms with Crippen molar-refractivity contribution in [2.24, 2.45) is 5.16 Å². The first-order valence-corrected chi connectivity index (χ1v) is 7.76. The molecule has 0 aromatic heterocycles. The van der Waals surface area contributed by atoms with Crippen LogP contribution in [0.2, 0.25) is 10.0 Å². The highest BCUT2D eigenvalue weighted by Crippen LogP contribution is 2.25. The van der Waals surface area contributed by atoms with Crippen LogP contribution in [0.5, 0.6) is 5.75 Å². The Bertz CT molecular complexity index is 773. The van der Waals surface area contributed by atoms with Gasteiger partial charge in [0.05, 0.1) is 6.21 Å². The molecular formula is C13H9Cl2NO4S. The normalized spacial score (nSPS) is 11.7. The standard InChI is InChI=1S/C13H9Cl2NO4S/c14-10-1-4-12(5-2-10)21(18,19)20-13-6-3-11(15)7-9(13)8-16-17/h1-8,17H/b16-8-. The van der Waals surface area contributed by atoms with Crippen LogP contribution in [-0.2, 0) is 10.1 Å². The van der Waals surface area contributed by atoms with Crippen molar-refractivity contribution in [3.05, 3.63) is 58.1 Å². The molecule has 0 unspecified atom stereocenters. The van der Waals surface area contributed by atoms with Gasteiger partial charge in [0.25, 0.3) is 0 Å². The van der Waals surface area contributed by atoms with Gasteiger partial charge in [-0.2, -0.15) is 8.42 Å². The fraction of sp³-hybridized carbons (Fsp3) is 0. The maximum absolute atomic E-state index is 12.1. The minimum Gasteiger partial charge on any atom is -0.411 e. The van der Waals surface area contributed by atoms with E-state index in [1.165, 1.54) is 42.5 Å². The number of hydrogen-bond acceptors (Lipinski definition) is 5. The van der Waals surface area contributed by atoms with Gasteiger partial charge in [0.15, 0.2) is 5.75 Å². The molecule has 0 aliphatic carbocycles. The monoisotopic (exact) mass is 345 g/mol. The summed E-state index contributed by atoms with van der Waals surface area (Å²) in [6.45, 7) is 0. The van der Waals surface area contributed by atoms with Gasteiger partial charge in [0, 0.05) is 15.6 Å². The third-order valence-electron chi connectivity index (χ3n) is 2.47. The molecule has 0 aliphatic rings. The van der Waals surface area contributed by atoms with Crippen molar-refractivity contribution in [1.82, 2.24) is 0 Å². The van der Waals surface area contributed by atoms with Crippen molar-refractivity contribution in [2.45, 2.75) is 4.90 Å². The van der Waals surface area contributed by atoms with Crippen molar-refractivity contribution in [2.75, 3.05) is 0 Å². The molecule has 0 saturated carbocycles. The Morgan fingerprint density at radius 3 is 2.29 bits per heavy atom. The molecule has 0 atom stereocenters. The Kier molecular flexibility index (Phi) is 4.72. The van der Waals surface area contributed by atoms with E-state index in [2.05, 4.69) is 5.16 Å². The molecule has 0 bridgehead atoms. The predicted octanol–water partition coefficient (Wildman–Crippen LogP) is 3.57. The number of oxime groups is 1. The Labute approximate surface area is 131 Å². The molecule has 8 heteroatoms. The van der Waals surface area contributed by atoms with Crippen LogP contribution in [0.4, 0.5) is 0 Å². The lowest BCUT2D eigenvalue weighted by atomic mass is 10.2. The SMILES string of the molecule is O=S(=O)(Oc1ccc(Cl)cc1/C=N\O)c1ccc(Cl)cc1. The Morgan fingerprint density at radius 1 is 1.05 bits per heavy atom. The first-order chi connectivity index (χ1) is 9.92. The van der Waals surface area contributed by atoms with Crippen molar-refractivity contribution < 1.29 is 17.8 Å². The average molecular weight is 346 g/mol. The quantitative estimate of drug-likeness (QED) is 0.397. The second kappa shape index (κ2) is 6.34. The van der Waals surface area contributed by atoms with Gasteiger partial charge in [-0.15, -0.1) is 0 Å². The predicted molar refractivity (Wildman–Crippen MR) is 80.1 cm³/mol. The van der Waals surface area contributed by atoms with E-state index in [4.69, 9.17) is 32.6 Å². The van der Waals surface area contributed by atoms with Gasteiger partial charge < -0.3 is 9.39 Å². The van der Waals surface area contributed by atoms with Crippen molar-refractivity contribution in [1.29, 1.82) is 0 Å². The fourth-order valence-corrected chi connectivity index (χ4v) is 2.79. The lowest BCUT2D eigenvalue weighted by Crippen LogP contribution is -2.10. The Morgan fingerprint density at radius 2 is 1.67 bits per heavy atom. The third-order valence-corrected chi connectivity index (χ3v) is 4.21. The zero-order valence-electron chi connectivity index (χ0n) is 10.4. The molecule has 110 valence electrons. The molecule has 0 spiro atoms.